The van der Waals surface area contributed by atoms with Gasteiger partial charge in [-0.1, -0.05) is 0 Å². The van der Waals surface area contributed by atoms with E-state index in [2.05, 4.69) is 31.2 Å². The maximum Gasteiger partial charge on any atom is 0.195 e. The molecule has 0 saturated carbocycles. The highest BCUT2D eigenvalue weighted by Crippen LogP contribution is 2.17. The van der Waals surface area contributed by atoms with Crippen LogP contribution in [0.5, 0.6) is 0 Å². The number of carbonyl (C=O) groups is 1. The molecule has 0 bridgehead atoms. The molecule has 1 fully saturated rings. The molecular formula is C11H17BrN4O. The van der Waals surface area contributed by atoms with Crippen LogP contribution in [0.1, 0.15) is 17.4 Å². The first kappa shape index (κ1) is 12.7. The Hall–Kier alpha value is -0.720. The number of ketones is 1. The van der Waals surface area contributed by atoms with Crippen molar-refractivity contribution in [3.63, 3.8) is 0 Å². The second-order valence-corrected chi connectivity index (χ2v) is 4.96. The number of Topliss-reactive ketones (excluding diaryl/α,β-unsaturated/α-hetero) is 1. The van der Waals surface area contributed by atoms with Crippen molar-refractivity contribution in [2.45, 2.75) is 13.5 Å². The lowest BCUT2D eigenvalue weighted by Crippen LogP contribution is -2.45. The topological polar surface area (TPSA) is 50.2 Å². The van der Waals surface area contributed by atoms with Gasteiger partial charge in [-0.2, -0.15) is 5.10 Å². The second kappa shape index (κ2) is 5.75. The zero-order valence-corrected chi connectivity index (χ0v) is 11.5. The average molecular weight is 301 g/mol. The molecule has 0 unspecified atom stereocenters. The predicted molar refractivity (Wildman–Crippen MR) is 69.2 cm³/mol. The Balaban J connectivity index is 2.05. The van der Waals surface area contributed by atoms with Gasteiger partial charge in [-0.25, -0.2) is 0 Å². The number of hydrogen-bond acceptors (Lipinski definition) is 4. The molecule has 17 heavy (non-hydrogen) atoms. The minimum Gasteiger partial charge on any atom is -0.314 e. The fourth-order valence-electron chi connectivity index (χ4n) is 2.03. The summed E-state index contributed by atoms with van der Waals surface area (Å²) in [6, 6.07) is 0. The predicted octanol–water partition coefficient (Wildman–Crippen LogP) is 0.753. The number of aromatic nitrogens is 2. The molecule has 2 rings (SSSR count). The lowest BCUT2D eigenvalue weighted by atomic mass is 10.2. The number of piperazine rings is 1. The summed E-state index contributed by atoms with van der Waals surface area (Å²) in [4.78, 5) is 14.4. The first-order chi connectivity index (χ1) is 8.22. The Morgan fingerprint density at radius 3 is 2.88 bits per heavy atom. The average Bonchev–Trinajstić information content (AvgIpc) is 2.71. The number of hydrogen-bond donors (Lipinski definition) is 1. The van der Waals surface area contributed by atoms with Crippen LogP contribution in [-0.4, -0.2) is 53.2 Å². The molecule has 6 heteroatoms. The number of carbonyl (C=O) groups excluding carboxylic acids is 1. The minimum absolute atomic E-state index is 0.137. The van der Waals surface area contributed by atoms with E-state index in [-0.39, 0.29) is 5.78 Å². The van der Waals surface area contributed by atoms with E-state index >= 15 is 0 Å². The Kier molecular flexibility index (Phi) is 4.31. The van der Waals surface area contributed by atoms with Crippen LogP contribution in [0.4, 0.5) is 0 Å². The molecule has 94 valence electrons. The smallest absolute Gasteiger partial charge is 0.195 e. The second-order valence-electron chi connectivity index (χ2n) is 4.11. The highest BCUT2D eigenvalue weighted by molar-refractivity contribution is 9.10. The van der Waals surface area contributed by atoms with Crippen LogP contribution in [0.15, 0.2) is 10.7 Å². The number of nitrogens with one attached hydrogen (secondary N) is 1. The Bertz CT molecular complexity index is 398. The summed E-state index contributed by atoms with van der Waals surface area (Å²) in [6.45, 7) is 6.97. The number of rotatable bonds is 4. The molecule has 1 aliphatic rings. The summed E-state index contributed by atoms with van der Waals surface area (Å²) in [5, 5.41) is 7.44. The lowest BCUT2D eigenvalue weighted by molar-refractivity contribution is 0.0910. The van der Waals surface area contributed by atoms with Crippen molar-refractivity contribution in [2.75, 3.05) is 32.7 Å². The van der Waals surface area contributed by atoms with Gasteiger partial charge in [0.2, 0.25) is 0 Å². The van der Waals surface area contributed by atoms with E-state index in [1.807, 2.05) is 6.92 Å². The molecule has 0 atom stereocenters. The molecule has 0 amide bonds. The van der Waals surface area contributed by atoms with E-state index in [4.69, 9.17) is 0 Å². The molecule has 0 radical (unpaired) electrons. The summed E-state index contributed by atoms with van der Waals surface area (Å²) in [6.07, 6.45) is 1.69. The van der Waals surface area contributed by atoms with E-state index in [0.717, 1.165) is 30.7 Å². The third-order valence-corrected chi connectivity index (χ3v) is 3.52. The lowest BCUT2D eigenvalue weighted by Gasteiger charge is -2.26. The molecule has 1 aromatic rings. The van der Waals surface area contributed by atoms with Crippen molar-refractivity contribution in [3.05, 3.63) is 16.4 Å². The maximum absolute atomic E-state index is 12.2. The maximum atomic E-state index is 12.2. The molecule has 1 saturated heterocycles. The van der Waals surface area contributed by atoms with Crippen molar-refractivity contribution in [1.82, 2.24) is 20.0 Å². The van der Waals surface area contributed by atoms with Gasteiger partial charge in [-0.15, -0.1) is 0 Å². The van der Waals surface area contributed by atoms with E-state index in [1.54, 1.807) is 10.9 Å². The van der Waals surface area contributed by atoms with Crippen LogP contribution in [-0.2, 0) is 6.54 Å². The van der Waals surface area contributed by atoms with E-state index < -0.39 is 0 Å². The van der Waals surface area contributed by atoms with Gasteiger partial charge in [0.25, 0.3) is 0 Å². The van der Waals surface area contributed by atoms with Crippen molar-refractivity contribution in [1.29, 1.82) is 0 Å². The standard InChI is InChI=1S/C11H17BrN4O/c1-2-16-11(9(12)7-14-16)10(17)8-15-5-3-13-4-6-15/h7,13H,2-6,8H2,1H3. The SMILES string of the molecule is CCn1ncc(Br)c1C(=O)CN1CCNCC1. The fourth-order valence-corrected chi connectivity index (χ4v) is 2.54. The van der Waals surface area contributed by atoms with Gasteiger partial charge >= 0.3 is 0 Å². The summed E-state index contributed by atoms with van der Waals surface area (Å²) in [5.41, 5.74) is 0.686. The van der Waals surface area contributed by atoms with Gasteiger partial charge in [-0.05, 0) is 22.9 Å². The van der Waals surface area contributed by atoms with Crippen LogP contribution in [0.2, 0.25) is 0 Å². The Morgan fingerprint density at radius 2 is 2.24 bits per heavy atom. The minimum atomic E-state index is 0.137. The molecule has 0 aliphatic carbocycles. The highest BCUT2D eigenvalue weighted by atomic mass is 79.9. The normalized spacial score (nSPS) is 17.3. The van der Waals surface area contributed by atoms with Gasteiger partial charge in [0.1, 0.15) is 5.69 Å². The van der Waals surface area contributed by atoms with E-state index in [0.29, 0.717) is 18.8 Å². The van der Waals surface area contributed by atoms with Gasteiger partial charge < -0.3 is 5.32 Å². The number of nitrogens with zero attached hydrogens (tertiary/aromatic N) is 3. The van der Waals surface area contributed by atoms with Gasteiger partial charge in [0, 0.05) is 32.7 Å². The Morgan fingerprint density at radius 1 is 1.53 bits per heavy atom. The third-order valence-electron chi connectivity index (χ3n) is 2.94. The number of aryl methyl sites for hydroxylation is 1. The van der Waals surface area contributed by atoms with Gasteiger partial charge in [0.15, 0.2) is 5.78 Å². The van der Waals surface area contributed by atoms with Crippen molar-refractivity contribution >= 4 is 21.7 Å². The molecule has 1 aliphatic heterocycles. The van der Waals surface area contributed by atoms with Crippen LogP contribution >= 0.6 is 15.9 Å². The summed E-state index contributed by atoms with van der Waals surface area (Å²) >= 11 is 3.39. The summed E-state index contributed by atoms with van der Waals surface area (Å²) in [5.74, 6) is 0.137. The first-order valence-electron chi connectivity index (χ1n) is 5.90. The molecule has 1 aromatic heterocycles. The summed E-state index contributed by atoms with van der Waals surface area (Å²) in [7, 11) is 0. The monoisotopic (exact) mass is 300 g/mol. The quantitative estimate of drug-likeness (QED) is 0.834. The summed E-state index contributed by atoms with van der Waals surface area (Å²) < 4.78 is 2.54. The third kappa shape index (κ3) is 2.94. The van der Waals surface area contributed by atoms with Gasteiger partial charge in [0.05, 0.1) is 17.2 Å². The van der Waals surface area contributed by atoms with Crippen molar-refractivity contribution < 1.29 is 4.79 Å². The zero-order valence-electron chi connectivity index (χ0n) is 9.95. The zero-order chi connectivity index (χ0) is 12.3. The van der Waals surface area contributed by atoms with Crippen molar-refractivity contribution in [3.8, 4) is 0 Å². The van der Waals surface area contributed by atoms with E-state index in [1.165, 1.54) is 0 Å². The first-order valence-corrected chi connectivity index (χ1v) is 6.69. The molecule has 0 spiro atoms. The molecule has 5 nitrogen and oxygen atoms in total. The molecule has 0 aromatic carbocycles. The van der Waals surface area contributed by atoms with E-state index in [9.17, 15) is 4.79 Å². The van der Waals surface area contributed by atoms with Crippen LogP contribution in [0.3, 0.4) is 0 Å². The molecule has 1 N–H and O–H groups in total. The fraction of sp³-hybridized carbons (Fsp3) is 0.636. The molecular weight excluding hydrogens is 284 g/mol. The van der Waals surface area contributed by atoms with Crippen LogP contribution in [0.25, 0.3) is 0 Å². The van der Waals surface area contributed by atoms with Crippen LogP contribution in [0, 0.1) is 0 Å². The Labute approximate surface area is 109 Å². The van der Waals surface area contributed by atoms with Crippen molar-refractivity contribution in [2.24, 2.45) is 0 Å². The highest BCUT2D eigenvalue weighted by Gasteiger charge is 2.20. The largest absolute Gasteiger partial charge is 0.314 e. The number of halogens is 1. The van der Waals surface area contributed by atoms with Crippen LogP contribution < -0.4 is 5.32 Å². The molecule has 2 heterocycles. The van der Waals surface area contributed by atoms with Gasteiger partial charge in [-0.3, -0.25) is 14.4 Å².